The maximum atomic E-state index is 11.7. The van der Waals surface area contributed by atoms with Crippen LogP contribution in [0.4, 0.5) is 5.69 Å². The van der Waals surface area contributed by atoms with Gasteiger partial charge in [-0.15, -0.1) is 11.8 Å². The molecule has 3 heteroatoms. The first-order valence-corrected chi connectivity index (χ1v) is 6.98. The van der Waals surface area contributed by atoms with E-state index in [4.69, 9.17) is 0 Å². The summed E-state index contributed by atoms with van der Waals surface area (Å²) in [5.41, 5.74) is 2.95. The number of hydrogen-bond acceptors (Lipinski definition) is 2. The Morgan fingerprint density at radius 2 is 1.89 bits per heavy atom. The number of rotatable bonds is 6. The average molecular weight is 273 g/mol. The number of allylic oxidation sites excluding steroid dienone is 3. The Balaban J connectivity index is 2.38. The third-order valence-corrected chi connectivity index (χ3v) is 3.19. The molecule has 2 nitrogen and oxygen atoms in total. The molecule has 0 unspecified atom stereocenters. The van der Waals surface area contributed by atoms with E-state index in [1.165, 1.54) is 17.3 Å². The molecule has 0 saturated carbocycles. The zero-order valence-corrected chi connectivity index (χ0v) is 12.2. The minimum atomic E-state index is -0.0290. The number of carbonyl (C=O) groups excluding carboxylic acids is 1. The van der Waals surface area contributed by atoms with Crippen LogP contribution >= 0.6 is 11.8 Å². The second kappa shape index (κ2) is 7.64. The minimum absolute atomic E-state index is 0.0290. The summed E-state index contributed by atoms with van der Waals surface area (Å²) in [4.78, 5) is 12.6. The summed E-state index contributed by atoms with van der Waals surface area (Å²) in [5.74, 6) is 0.325. The number of aryl methyl sites for hydroxylation is 1. The molecule has 0 aromatic heterocycles. The fraction of sp³-hybridized carbons (Fsp3) is 0.188. The molecule has 0 fully saturated rings. The van der Waals surface area contributed by atoms with E-state index in [-0.39, 0.29) is 5.91 Å². The molecule has 1 amide bonds. The number of hydrogen-bond donors (Lipinski definition) is 1. The molecule has 0 radical (unpaired) electrons. The van der Waals surface area contributed by atoms with Gasteiger partial charge in [-0.1, -0.05) is 42.5 Å². The molecule has 0 aliphatic carbocycles. The molecular weight excluding hydrogens is 254 g/mol. The lowest BCUT2D eigenvalue weighted by molar-refractivity contribution is -0.113. The molecule has 0 saturated heterocycles. The molecule has 1 aromatic carbocycles. The van der Waals surface area contributed by atoms with Crippen molar-refractivity contribution in [2.24, 2.45) is 0 Å². The molecule has 0 atom stereocenters. The van der Waals surface area contributed by atoms with Crippen LogP contribution in [-0.2, 0) is 4.79 Å². The molecule has 0 aliphatic heterocycles. The third-order valence-electron chi connectivity index (χ3n) is 2.28. The zero-order chi connectivity index (χ0) is 14.3. The maximum absolute atomic E-state index is 11.7. The van der Waals surface area contributed by atoms with Gasteiger partial charge in [0.25, 0.3) is 0 Å². The van der Waals surface area contributed by atoms with Crippen molar-refractivity contribution in [3.05, 3.63) is 65.6 Å². The van der Waals surface area contributed by atoms with E-state index in [0.717, 1.165) is 16.2 Å². The number of amides is 1. The monoisotopic (exact) mass is 273 g/mol. The summed E-state index contributed by atoms with van der Waals surface area (Å²) >= 11 is 1.41. The second-order valence-electron chi connectivity index (χ2n) is 4.35. The zero-order valence-electron chi connectivity index (χ0n) is 11.4. The normalized spacial score (nSPS) is 10.4. The Morgan fingerprint density at radius 1 is 1.26 bits per heavy atom. The van der Waals surface area contributed by atoms with Crippen molar-refractivity contribution in [2.75, 3.05) is 11.1 Å². The fourth-order valence-corrected chi connectivity index (χ4v) is 1.83. The highest BCUT2D eigenvalue weighted by atomic mass is 32.2. The summed E-state index contributed by atoms with van der Waals surface area (Å²) < 4.78 is 0. The van der Waals surface area contributed by atoms with Crippen molar-refractivity contribution in [3.8, 4) is 0 Å². The van der Waals surface area contributed by atoms with Crippen molar-refractivity contribution in [3.63, 3.8) is 0 Å². The van der Waals surface area contributed by atoms with Crippen molar-refractivity contribution in [2.45, 2.75) is 13.8 Å². The molecule has 19 heavy (non-hydrogen) atoms. The Morgan fingerprint density at radius 3 is 2.47 bits per heavy atom. The predicted octanol–water partition coefficient (Wildman–Crippen LogP) is 4.31. The van der Waals surface area contributed by atoms with Gasteiger partial charge in [0.2, 0.25) is 5.91 Å². The highest BCUT2D eigenvalue weighted by Crippen LogP contribution is 2.16. The van der Waals surface area contributed by atoms with Gasteiger partial charge in [-0.3, -0.25) is 4.79 Å². The summed E-state index contributed by atoms with van der Waals surface area (Å²) in [6.07, 6.45) is 3.75. The SMILES string of the molecule is C=C(C)/C=C\C(=C)SCC(=O)Nc1ccc(C)cc1. The van der Waals surface area contributed by atoms with Gasteiger partial charge >= 0.3 is 0 Å². The predicted molar refractivity (Wildman–Crippen MR) is 85.4 cm³/mol. The lowest BCUT2D eigenvalue weighted by Gasteiger charge is -2.05. The highest BCUT2D eigenvalue weighted by molar-refractivity contribution is 8.03. The maximum Gasteiger partial charge on any atom is 0.234 e. The first-order valence-electron chi connectivity index (χ1n) is 5.99. The van der Waals surface area contributed by atoms with Gasteiger partial charge in [-0.25, -0.2) is 0 Å². The smallest absolute Gasteiger partial charge is 0.234 e. The molecule has 0 heterocycles. The molecule has 1 rings (SSSR count). The summed E-state index contributed by atoms with van der Waals surface area (Å²) in [6.45, 7) is 11.6. The fourth-order valence-electron chi connectivity index (χ4n) is 1.28. The van der Waals surface area contributed by atoms with Gasteiger partial charge in [0.05, 0.1) is 5.75 Å². The molecule has 0 aliphatic rings. The largest absolute Gasteiger partial charge is 0.325 e. The molecule has 0 bridgehead atoms. The second-order valence-corrected chi connectivity index (χ2v) is 5.45. The van der Waals surface area contributed by atoms with E-state index in [1.807, 2.05) is 50.3 Å². The first-order chi connectivity index (χ1) is 8.97. The molecule has 100 valence electrons. The van der Waals surface area contributed by atoms with Crippen LogP contribution in [0.1, 0.15) is 12.5 Å². The summed E-state index contributed by atoms with van der Waals surface area (Å²) in [6, 6.07) is 7.73. The number of benzene rings is 1. The Labute approximate surface area is 119 Å². The quantitative estimate of drug-likeness (QED) is 0.782. The van der Waals surface area contributed by atoms with E-state index in [2.05, 4.69) is 18.5 Å². The number of anilines is 1. The van der Waals surface area contributed by atoms with Crippen molar-refractivity contribution in [1.29, 1.82) is 0 Å². The lowest BCUT2D eigenvalue weighted by atomic mass is 10.2. The third kappa shape index (κ3) is 6.67. The van der Waals surface area contributed by atoms with Gasteiger partial charge in [-0.2, -0.15) is 0 Å². The summed E-state index contributed by atoms with van der Waals surface area (Å²) in [7, 11) is 0. The van der Waals surface area contributed by atoms with E-state index in [0.29, 0.717) is 5.75 Å². The van der Waals surface area contributed by atoms with Crippen LogP contribution in [0.3, 0.4) is 0 Å². The van der Waals surface area contributed by atoms with Crippen LogP contribution in [0.2, 0.25) is 0 Å². The summed E-state index contributed by atoms with van der Waals surface area (Å²) in [5, 5.41) is 2.85. The van der Waals surface area contributed by atoms with Gasteiger partial charge in [0, 0.05) is 10.6 Å². The first kappa shape index (κ1) is 15.3. The van der Waals surface area contributed by atoms with Crippen LogP contribution in [0.15, 0.2) is 60.1 Å². The van der Waals surface area contributed by atoms with E-state index < -0.39 is 0 Å². The molecule has 0 spiro atoms. The Hall–Kier alpha value is -1.74. The number of nitrogens with one attached hydrogen (secondary N) is 1. The van der Waals surface area contributed by atoms with E-state index in [9.17, 15) is 4.79 Å². The molecular formula is C16H19NOS. The minimum Gasteiger partial charge on any atom is -0.325 e. The molecule has 1 aromatic rings. The van der Waals surface area contributed by atoms with Gasteiger partial charge in [-0.05, 0) is 32.1 Å². The van der Waals surface area contributed by atoms with Crippen LogP contribution < -0.4 is 5.32 Å². The van der Waals surface area contributed by atoms with E-state index >= 15 is 0 Å². The van der Waals surface area contributed by atoms with Crippen LogP contribution in [0, 0.1) is 6.92 Å². The van der Waals surface area contributed by atoms with Crippen LogP contribution in [0.25, 0.3) is 0 Å². The lowest BCUT2D eigenvalue weighted by Crippen LogP contribution is -2.13. The van der Waals surface area contributed by atoms with Crippen LogP contribution in [0.5, 0.6) is 0 Å². The van der Waals surface area contributed by atoms with Gasteiger partial charge in [0.1, 0.15) is 0 Å². The van der Waals surface area contributed by atoms with Crippen LogP contribution in [-0.4, -0.2) is 11.7 Å². The van der Waals surface area contributed by atoms with Gasteiger partial charge in [0.15, 0.2) is 0 Å². The van der Waals surface area contributed by atoms with Gasteiger partial charge < -0.3 is 5.32 Å². The molecule has 1 N–H and O–H groups in total. The highest BCUT2D eigenvalue weighted by Gasteiger charge is 2.02. The van der Waals surface area contributed by atoms with Crippen molar-refractivity contribution in [1.82, 2.24) is 0 Å². The number of carbonyl (C=O) groups is 1. The number of thioether (sulfide) groups is 1. The standard InChI is InChI=1S/C16H19NOS/c1-12(2)5-8-14(4)19-11-16(18)17-15-9-6-13(3)7-10-15/h5-10H,1,4,11H2,2-3H3,(H,17,18)/b8-5-. The Kier molecular flexibility index (Phi) is 6.16. The average Bonchev–Trinajstić information content (AvgIpc) is 2.36. The van der Waals surface area contributed by atoms with E-state index in [1.54, 1.807) is 0 Å². The Bertz CT molecular complexity index is 500. The topological polar surface area (TPSA) is 29.1 Å². The van der Waals surface area contributed by atoms with Crippen molar-refractivity contribution >= 4 is 23.4 Å². The van der Waals surface area contributed by atoms with Crippen molar-refractivity contribution < 1.29 is 4.79 Å².